The molecule has 1 heterocycles. The topological polar surface area (TPSA) is 63.7 Å². The van der Waals surface area contributed by atoms with Gasteiger partial charge in [-0.25, -0.2) is 8.42 Å². The Hall–Kier alpha value is -1.77. The van der Waals surface area contributed by atoms with Crippen molar-refractivity contribution >= 4 is 15.7 Å². The van der Waals surface area contributed by atoms with E-state index in [0.29, 0.717) is 19.4 Å². The molecule has 0 spiro atoms. The molecule has 0 bridgehead atoms. The van der Waals surface area contributed by atoms with E-state index in [1.807, 2.05) is 6.92 Å². The zero-order valence-corrected chi connectivity index (χ0v) is 14.6. The van der Waals surface area contributed by atoms with Crippen molar-refractivity contribution in [1.29, 1.82) is 0 Å². The van der Waals surface area contributed by atoms with E-state index in [4.69, 9.17) is 4.74 Å². The van der Waals surface area contributed by atoms with Crippen molar-refractivity contribution in [2.45, 2.75) is 32.0 Å². The van der Waals surface area contributed by atoms with Crippen LogP contribution in [0.4, 0.5) is 13.2 Å². The smallest absolute Gasteiger partial charge is 0.416 e. The molecular formula is C16H20F3NO4S. The molecule has 2 rings (SSSR count). The molecule has 1 amide bonds. The summed E-state index contributed by atoms with van der Waals surface area (Å²) in [5.41, 5.74) is -0.857. The molecule has 0 radical (unpaired) electrons. The first-order valence-electron chi connectivity index (χ1n) is 7.92. The summed E-state index contributed by atoms with van der Waals surface area (Å²) in [6.07, 6.45) is -3.47. The van der Waals surface area contributed by atoms with Gasteiger partial charge in [0.25, 0.3) is 5.91 Å². The zero-order valence-electron chi connectivity index (χ0n) is 13.8. The van der Waals surface area contributed by atoms with Crippen LogP contribution in [0.5, 0.6) is 5.75 Å². The number of nitrogens with zero attached hydrogens (tertiary/aromatic N) is 1. The summed E-state index contributed by atoms with van der Waals surface area (Å²) in [7, 11) is -3.14. The van der Waals surface area contributed by atoms with Crippen LogP contribution in [-0.4, -0.2) is 49.9 Å². The van der Waals surface area contributed by atoms with Gasteiger partial charge in [0.2, 0.25) is 0 Å². The lowest BCUT2D eigenvalue weighted by atomic mass is 10.2. The van der Waals surface area contributed by atoms with E-state index in [0.717, 1.165) is 12.1 Å². The van der Waals surface area contributed by atoms with Gasteiger partial charge in [-0.05, 0) is 31.0 Å². The van der Waals surface area contributed by atoms with Crippen molar-refractivity contribution in [2.24, 2.45) is 0 Å². The van der Waals surface area contributed by atoms with Crippen LogP contribution in [0.15, 0.2) is 24.3 Å². The maximum absolute atomic E-state index is 12.7. The van der Waals surface area contributed by atoms with E-state index < -0.39 is 40.1 Å². The van der Waals surface area contributed by atoms with Crippen LogP contribution in [0.1, 0.15) is 25.3 Å². The molecule has 1 saturated heterocycles. The largest absolute Gasteiger partial charge is 0.484 e. The van der Waals surface area contributed by atoms with Crippen molar-refractivity contribution < 1.29 is 31.1 Å². The first-order chi connectivity index (χ1) is 11.6. The lowest BCUT2D eigenvalue weighted by molar-refractivity contribution is -0.137. The maximum atomic E-state index is 12.7. The molecule has 25 heavy (non-hydrogen) atoms. The number of rotatable bonds is 6. The standard InChI is InChI=1S/C16H20F3NO4S/c1-2-7-20(13-6-8-25(22,23)11-13)15(21)10-24-14-5-3-4-12(9-14)16(17,18)19/h3-5,9,13H,2,6-8,10-11H2,1H3. The SMILES string of the molecule is CCCN(C(=O)COc1cccc(C(F)(F)F)c1)C1CCS(=O)(=O)C1. The van der Waals surface area contributed by atoms with Gasteiger partial charge >= 0.3 is 6.18 Å². The quantitative estimate of drug-likeness (QED) is 0.762. The minimum Gasteiger partial charge on any atom is -0.484 e. The highest BCUT2D eigenvalue weighted by molar-refractivity contribution is 7.91. The van der Waals surface area contributed by atoms with Crippen LogP contribution in [0, 0.1) is 0 Å². The van der Waals surface area contributed by atoms with Gasteiger partial charge in [-0.2, -0.15) is 13.2 Å². The summed E-state index contributed by atoms with van der Waals surface area (Å²) in [5, 5.41) is 0. The fraction of sp³-hybridized carbons (Fsp3) is 0.562. The summed E-state index contributed by atoms with van der Waals surface area (Å²) in [4.78, 5) is 13.8. The number of sulfone groups is 1. The molecule has 5 nitrogen and oxygen atoms in total. The highest BCUT2D eigenvalue weighted by Gasteiger charge is 2.34. The summed E-state index contributed by atoms with van der Waals surface area (Å²) >= 11 is 0. The average molecular weight is 379 g/mol. The van der Waals surface area contributed by atoms with Gasteiger partial charge in [0.1, 0.15) is 5.75 Å². The van der Waals surface area contributed by atoms with Crippen molar-refractivity contribution in [1.82, 2.24) is 4.90 Å². The van der Waals surface area contributed by atoms with Gasteiger partial charge in [-0.3, -0.25) is 4.79 Å². The van der Waals surface area contributed by atoms with Gasteiger partial charge in [0.05, 0.1) is 17.1 Å². The van der Waals surface area contributed by atoms with E-state index in [-0.39, 0.29) is 17.3 Å². The van der Waals surface area contributed by atoms with Crippen LogP contribution in [0.3, 0.4) is 0 Å². The summed E-state index contributed by atoms with van der Waals surface area (Å²) in [6.45, 7) is 1.81. The minimum atomic E-state index is -4.49. The number of ether oxygens (including phenoxy) is 1. The third-order valence-corrected chi connectivity index (χ3v) is 5.71. The predicted octanol–water partition coefficient (Wildman–Crippen LogP) is 2.51. The normalized spacial score (nSPS) is 19.6. The fourth-order valence-electron chi connectivity index (χ4n) is 2.76. The Bertz CT molecular complexity index is 718. The van der Waals surface area contributed by atoms with E-state index in [2.05, 4.69) is 0 Å². The minimum absolute atomic E-state index is 0.0413. The molecule has 140 valence electrons. The molecule has 1 aromatic carbocycles. The molecule has 1 aromatic rings. The predicted molar refractivity (Wildman–Crippen MR) is 86.0 cm³/mol. The molecular weight excluding hydrogens is 359 g/mol. The van der Waals surface area contributed by atoms with Crippen LogP contribution in [0.25, 0.3) is 0 Å². The van der Waals surface area contributed by atoms with Crippen molar-refractivity contribution in [2.75, 3.05) is 24.7 Å². The Morgan fingerprint density at radius 1 is 1.36 bits per heavy atom. The molecule has 0 saturated carbocycles. The second kappa shape index (κ2) is 7.63. The number of amides is 1. The number of halogens is 3. The molecule has 1 aliphatic heterocycles. The summed E-state index contributed by atoms with van der Waals surface area (Å²) in [6, 6.07) is 3.89. The van der Waals surface area contributed by atoms with Crippen molar-refractivity contribution in [3.63, 3.8) is 0 Å². The second-order valence-corrected chi connectivity index (χ2v) is 8.19. The lowest BCUT2D eigenvalue weighted by Gasteiger charge is -2.27. The fourth-order valence-corrected chi connectivity index (χ4v) is 4.49. The van der Waals surface area contributed by atoms with Crippen LogP contribution in [-0.2, 0) is 20.8 Å². The number of carbonyl (C=O) groups excluding carboxylic acids is 1. The molecule has 9 heteroatoms. The third kappa shape index (κ3) is 5.35. The van der Waals surface area contributed by atoms with Crippen molar-refractivity contribution in [3.05, 3.63) is 29.8 Å². The molecule has 0 aromatic heterocycles. The number of hydrogen-bond acceptors (Lipinski definition) is 4. The number of carbonyl (C=O) groups is 1. The molecule has 1 unspecified atom stereocenters. The van der Waals surface area contributed by atoms with Crippen LogP contribution >= 0.6 is 0 Å². The van der Waals surface area contributed by atoms with Gasteiger partial charge in [-0.15, -0.1) is 0 Å². The monoisotopic (exact) mass is 379 g/mol. The Labute approximate surface area is 144 Å². The molecule has 1 atom stereocenters. The number of hydrogen-bond donors (Lipinski definition) is 0. The van der Waals surface area contributed by atoms with E-state index in [1.54, 1.807) is 0 Å². The number of alkyl halides is 3. The maximum Gasteiger partial charge on any atom is 0.416 e. The van der Waals surface area contributed by atoms with E-state index in [1.165, 1.54) is 17.0 Å². The first-order valence-corrected chi connectivity index (χ1v) is 9.74. The Balaban J connectivity index is 2.02. The number of benzene rings is 1. The van der Waals surface area contributed by atoms with Gasteiger partial charge in [0.15, 0.2) is 16.4 Å². The van der Waals surface area contributed by atoms with Gasteiger partial charge in [0, 0.05) is 12.6 Å². The zero-order chi connectivity index (χ0) is 18.7. The third-order valence-electron chi connectivity index (χ3n) is 3.96. The Morgan fingerprint density at radius 3 is 2.64 bits per heavy atom. The highest BCUT2D eigenvalue weighted by Crippen LogP contribution is 2.31. The first kappa shape index (κ1) is 19.6. The van der Waals surface area contributed by atoms with Crippen LogP contribution < -0.4 is 4.74 Å². The summed E-state index contributed by atoms with van der Waals surface area (Å²) < 4.78 is 66.5. The second-order valence-electron chi connectivity index (χ2n) is 5.96. The molecule has 0 aliphatic carbocycles. The van der Waals surface area contributed by atoms with Gasteiger partial charge in [-0.1, -0.05) is 13.0 Å². The van der Waals surface area contributed by atoms with Crippen molar-refractivity contribution in [3.8, 4) is 5.75 Å². The molecule has 0 N–H and O–H groups in total. The molecule has 1 fully saturated rings. The Morgan fingerprint density at radius 2 is 2.08 bits per heavy atom. The lowest BCUT2D eigenvalue weighted by Crippen LogP contribution is -2.44. The summed E-state index contributed by atoms with van der Waals surface area (Å²) in [5.74, 6) is -0.526. The van der Waals surface area contributed by atoms with E-state index >= 15 is 0 Å². The highest BCUT2D eigenvalue weighted by atomic mass is 32.2. The van der Waals surface area contributed by atoms with E-state index in [9.17, 15) is 26.4 Å². The average Bonchev–Trinajstić information content (AvgIpc) is 2.89. The Kier molecular flexibility index (Phi) is 5.97. The molecule has 1 aliphatic rings. The van der Waals surface area contributed by atoms with Gasteiger partial charge < -0.3 is 9.64 Å². The van der Waals surface area contributed by atoms with Crippen LogP contribution in [0.2, 0.25) is 0 Å².